The number of hydrogen-bond donors (Lipinski definition) is 1. The molecular weight excluding hydrogens is 254 g/mol. The summed E-state index contributed by atoms with van der Waals surface area (Å²) < 4.78 is 1.98. The fourth-order valence-corrected chi connectivity index (χ4v) is 2.09. The van der Waals surface area contributed by atoms with Gasteiger partial charge in [-0.1, -0.05) is 18.2 Å². The normalized spacial score (nSPS) is 10.4. The van der Waals surface area contributed by atoms with Crippen LogP contribution in [0.5, 0.6) is 0 Å². The lowest BCUT2D eigenvalue weighted by atomic mass is 10.2. The molecule has 0 fully saturated rings. The zero-order chi connectivity index (χ0) is 14.4. The van der Waals surface area contributed by atoms with Crippen LogP contribution in [0.25, 0.3) is 0 Å². The van der Waals surface area contributed by atoms with E-state index < -0.39 is 5.97 Å². The van der Waals surface area contributed by atoms with Crippen molar-refractivity contribution in [2.24, 2.45) is 7.05 Å². The first-order chi connectivity index (χ1) is 9.66. The summed E-state index contributed by atoms with van der Waals surface area (Å²) in [6, 6.07) is 10.0. The van der Waals surface area contributed by atoms with Crippen LogP contribution in [0.1, 0.15) is 18.5 Å². The number of nitrogens with zero attached hydrogens (tertiary/aromatic N) is 3. The largest absolute Gasteiger partial charge is 0.481 e. The van der Waals surface area contributed by atoms with Crippen molar-refractivity contribution in [3.05, 3.63) is 48.5 Å². The minimum absolute atomic E-state index is 0.189. The Kier molecular flexibility index (Phi) is 4.76. The molecule has 0 aliphatic heterocycles. The first-order valence-electron chi connectivity index (χ1n) is 6.64. The van der Waals surface area contributed by atoms with Gasteiger partial charge in [-0.3, -0.25) is 4.79 Å². The summed E-state index contributed by atoms with van der Waals surface area (Å²) in [6.45, 7) is 1.43. The molecule has 0 aliphatic rings. The van der Waals surface area contributed by atoms with E-state index in [1.807, 2.05) is 48.1 Å². The summed E-state index contributed by atoms with van der Waals surface area (Å²) in [5.74, 6) is -0.751. The third-order valence-electron chi connectivity index (χ3n) is 3.21. The van der Waals surface area contributed by atoms with E-state index in [-0.39, 0.29) is 6.42 Å². The summed E-state index contributed by atoms with van der Waals surface area (Å²) in [5, 5.41) is 8.77. The topological polar surface area (TPSA) is 58.4 Å². The SMILES string of the molecule is Cn1cncc1CN(CCCC(=O)O)c1ccccc1. The number of para-hydroxylation sites is 1. The molecule has 106 valence electrons. The van der Waals surface area contributed by atoms with Gasteiger partial charge in [0.15, 0.2) is 0 Å². The molecule has 2 aromatic rings. The summed E-state index contributed by atoms with van der Waals surface area (Å²) in [5.41, 5.74) is 2.20. The van der Waals surface area contributed by atoms with E-state index in [4.69, 9.17) is 5.11 Å². The molecular formula is C15H19N3O2. The van der Waals surface area contributed by atoms with Crippen LogP contribution < -0.4 is 4.90 Å². The van der Waals surface area contributed by atoms with E-state index >= 15 is 0 Å². The second-order valence-corrected chi connectivity index (χ2v) is 4.75. The number of hydrogen-bond acceptors (Lipinski definition) is 3. The Morgan fingerprint density at radius 2 is 2.10 bits per heavy atom. The molecule has 0 saturated heterocycles. The third kappa shape index (κ3) is 3.85. The van der Waals surface area contributed by atoms with Gasteiger partial charge in [-0.05, 0) is 18.6 Å². The van der Waals surface area contributed by atoms with Gasteiger partial charge in [0.05, 0.1) is 18.6 Å². The quantitative estimate of drug-likeness (QED) is 0.841. The molecule has 0 amide bonds. The van der Waals surface area contributed by atoms with Gasteiger partial charge in [0, 0.05) is 31.9 Å². The monoisotopic (exact) mass is 273 g/mol. The molecule has 0 aliphatic carbocycles. The van der Waals surface area contributed by atoms with Crippen LogP contribution in [0.2, 0.25) is 0 Å². The van der Waals surface area contributed by atoms with Crippen LogP contribution in [-0.2, 0) is 18.4 Å². The van der Waals surface area contributed by atoms with E-state index in [2.05, 4.69) is 9.88 Å². The van der Waals surface area contributed by atoms with Crippen molar-refractivity contribution >= 4 is 11.7 Å². The smallest absolute Gasteiger partial charge is 0.303 e. The molecule has 1 N–H and O–H groups in total. The maximum atomic E-state index is 10.7. The van der Waals surface area contributed by atoms with Gasteiger partial charge in [0.1, 0.15) is 0 Å². The van der Waals surface area contributed by atoms with Crippen LogP contribution in [-0.4, -0.2) is 27.2 Å². The highest BCUT2D eigenvalue weighted by Crippen LogP contribution is 2.17. The van der Waals surface area contributed by atoms with Crippen molar-refractivity contribution < 1.29 is 9.90 Å². The molecule has 1 aromatic carbocycles. The van der Waals surface area contributed by atoms with E-state index in [1.165, 1.54) is 0 Å². The Labute approximate surface area is 118 Å². The lowest BCUT2D eigenvalue weighted by Crippen LogP contribution is -2.25. The molecule has 0 saturated carbocycles. The molecule has 5 heteroatoms. The van der Waals surface area contributed by atoms with Gasteiger partial charge in [0.2, 0.25) is 0 Å². The first-order valence-corrected chi connectivity index (χ1v) is 6.64. The average molecular weight is 273 g/mol. The Hall–Kier alpha value is -2.30. The molecule has 1 aromatic heterocycles. The predicted octanol–water partition coefficient (Wildman–Crippen LogP) is 2.29. The van der Waals surface area contributed by atoms with Crippen LogP contribution in [0.15, 0.2) is 42.9 Å². The number of imidazole rings is 1. The van der Waals surface area contributed by atoms with Gasteiger partial charge >= 0.3 is 5.97 Å². The minimum Gasteiger partial charge on any atom is -0.481 e. The molecule has 0 atom stereocenters. The third-order valence-corrected chi connectivity index (χ3v) is 3.21. The Balaban J connectivity index is 2.08. The highest BCUT2D eigenvalue weighted by molar-refractivity contribution is 5.66. The number of benzene rings is 1. The van der Waals surface area contributed by atoms with Crippen molar-refractivity contribution in [2.45, 2.75) is 19.4 Å². The summed E-state index contributed by atoms with van der Waals surface area (Å²) in [4.78, 5) is 17.0. The Bertz CT molecular complexity index is 551. The highest BCUT2D eigenvalue weighted by Gasteiger charge is 2.10. The first kappa shape index (κ1) is 14.1. The molecule has 1 heterocycles. The fourth-order valence-electron chi connectivity index (χ4n) is 2.09. The Morgan fingerprint density at radius 1 is 1.35 bits per heavy atom. The van der Waals surface area contributed by atoms with Crippen LogP contribution in [0.3, 0.4) is 0 Å². The van der Waals surface area contributed by atoms with E-state index in [1.54, 1.807) is 6.33 Å². The number of rotatable bonds is 7. The number of carbonyl (C=O) groups is 1. The summed E-state index contributed by atoms with van der Waals surface area (Å²) in [7, 11) is 1.96. The Morgan fingerprint density at radius 3 is 2.70 bits per heavy atom. The van der Waals surface area contributed by atoms with E-state index in [0.717, 1.165) is 17.9 Å². The fraction of sp³-hybridized carbons (Fsp3) is 0.333. The number of aromatic nitrogens is 2. The summed E-state index contributed by atoms with van der Waals surface area (Å²) >= 11 is 0. The molecule has 2 rings (SSSR count). The van der Waals surface area contributed by atoms with Crippen LogP contribution in [0, 0.1) is 0 Å². The van der Waals surface area contributed by atoms with Crippen LogP contribution in [0.4, 0.5) is 5.69 Å². The lowest BCUT2D eigenvalue weighted by Gasteiger charge is -2.24. The van der Waals surface area contributed by atoms with Gasteiger partial charge in [-0.15, -0.1) is 0 Å². The van der Waals surface area contributed by atoms with Crippen LogP contribution >= 0.6 is 0 Å². The van der Waals surface area contributed by atoms with Crippen molar-refractivity contribution in [3.63, 3.8) is 0 Å². The second kappa shape index (κ2) is 6.75. The highest BCUT2D eigenvalue weighted by atomic mass is 16.4. The second-order valence-electron chi connectivity index (χ2n) is 4.75. The molecule has 5 nitrogen and oxygen atoms in total. The zero-order valence-electron chi connectivity index (χ0n) is 11.6. The van der Waals surface area contributed by atoms with E-state index in [9.17, 15) is 4.79 Å². The summed E-state index contributed by atoms with van der Waals surface area (Å²) in [6.07, 6.45) is 4.43. The van der Waals surface area contributed by atoms with Crippen molar-refractivity contribution in [1.82, 2.24) is 9.55 Å². The molecule has 0 spiro atoms. The maximum Gasteiger partial charge on any atom is 0.303 e. The number of anilines is 1. The number of carboxylic acids is 1. The molecule has 20 heavy (non-hydrogen) atoms. The molecule has 0 unspecified atom stereocenters. The van der Waals surface area contributed by atoms with E-state index in [0.29, 0.717) is 13.0 Å². The van der Waals surface area contributed by atoms with Crippen molar-refractivity contribution in [3.8, 4) is 0 Å². The van der Waals surface area contributed by atoms with Crippen molar-refractivity contribution in [1.29, 1.82) is 0 Å². The predicted molar refractivity (Wildman–Crippen MR) is 77.6 cm³/mol. The van der Waals surface area contributed by atoms with Gasteiger partial charge in [-0.2, -0.15) is 0 Å². The van der Waals surface area contributed by atoms with Gasteiger partial charge in [-0.25, -0.2) is 4.98 Å². The number of aliphatic carboxylic acids is 1. The zero-order valence-corrected chi connectivity index (χ0v) is 11.6. The standard InChI is InChI=1S/C15H19N3O2/c1-17-12-16-10-14(17)11-18(9-5-8-15(19)20)13-6-3-2-4-7-13/h2-4,6-7,10,12H,5,8-9,11H2,1H3,(H,19,20). The van der Waals surface area contributed by atoms with Crippen molar-refractivity contribution in [2.75, 3.05) is 11.4 Å². The lowest BCUT2D eigenvalue weighted by molar-refractivity contribution is -0.137. The molecule has 0 bridgehead atoms. The number of carboxylic acid groups (broad SMARTS) is 1. The minimum atomic E-state index is -0.751. The van der Waals surface area contributed by atoms with Gasteiger partial charge in [0.25, 0.3) is 0 Å². The average Bonchev–Trinajstić information content (AvgIpc) is 2.84. The van der Waals surface area contributed by atoms with Gasteiger partial charge < -0.3 is 14.6 Å². The number of aryl methyl sites for hydroxylation is 1. The maximum absolute atomic E-state index is 10.7. The molecule has 0 radical (unpaired) electrons.